The van der Waals surface area contributed by atoms with Crippen LogP contribution in [0.15, 0.2) is 48.5 Å². The molecule has 0 saturated carbocycles. The maximum absolute atomic E-state index is 10.9. The van der Waals surface area contributed by atoms with E-state index in [1.165, 1.54) is 5.69 Å². The molecule has 21 heavy (non-hydrogen) atoms. The Bertz CT molecular complexity index is 618. The Morgan fingerprint density at radius 1 is 1.05 bits per heavy atom. The van der Waals surface area contributed by atoms with Crippen molar-refractivity contribution in [1.82, 2.24) is 0 Å². The number of rotatable bonds is 2. The van der Waals surface area contributed by atoms with Gasteiger partial charge in [-0.05, 0) is 49.1 Å². The molecule has 2 aromatic carbocycles. The summed E-state index contributed by atoms with van der Waals surface area (Å²) in [5.41, 5.74) is 2.45. The van der Waals surface area contributed by atoms with E-state index in [4.69, 9.17) is 11.6 Å². The first kappa shape index (κ1) is 14.4. The molecule has 0 aliphatic carbocycles. The Morgan fingerprint density at radius 2 is 1.71 bits per heavy atom. The highest BCUT2D eigenvalue weighted by Crippen LogP contribution is 2.35. The summed E-state index contributed by atoms with van der Waals surface area (Å²) in [6.07, 6.45) is 1.45. The van der Waals surface area contributed by atoms with Crippen LogP contribution in [0.3, 0.4) is 0 Å². The third kappa shape index (κ3) is 2.92. The molecule has 0 amide bonds. The Balaban J connectivity index is 1.76. The van der Waals surface area contributed by atoms with E-state index < -0.39 is 5.60 Å². The van der Waals surface area contributed by atoms with Gasteiger partial charge in [-0.3, -0.25) is 0 Å². The van der Waals surface area contributed by atoms with Gasteiger partial charge in [-0.1, -0.05) is 41.9 Å². The zero-order valence-corrected chi connectivity index (χ0v) is 13.0. The SMILES string of the molecule is Cc1ccc(C2(O)CCN(c3ccccc3)CC2)cc1Cl. The molecule has 0 bridgehead atoms. The molecule has 3 rings (SSSR count). The standard InChI is InChI=1S/C18H20ClNO/c1-14-7-8-15(13-17(14)19)18(21)9-11-20(12-10-18)16-5-3-2-4-6-16/h2-8,13,21H,9-12H2,1H3. The molecule has 1 aliphatic rings. The van der Waals surface area contributed by atoms with Gasteiger partial charge in [0.25, 0.3) is 0 Å². The van der Waals surface area contributed by atoms with Crippen molar-refractivity contribution < 1.29 is 5.11 Å². The summed E-state index contributed by atoms with van der Waals surface area (Å²) in [4.78, 5) is 2.32. The Morgan fingerprint density at radius 3 is 2.33 bits per heavy atom. The van der Waals surface area contributed by atoms with E-state index in [0.717, 1.165) is 42.1 Å². The number of aliphatic hydroxyl groups is 1. The van der Waals surface area contributed by atoms with Gasteiger partial charge in [0.15, 0.2) is 0 Å². The van der Waals surface area contributed by atoms with Gasteiger partial charge in [0.05, 0.1) is 5.60 Å². The summed E-state index contributed by atoms with van der Waals surface area (Å²) >= 11 is 6.20. The second-order valence-corrected chi connectivity index (χ2v) is 6.23. The van der Waals surface area contributed by atoms with Gasteiger partial charge in [0.2, 0.25) is 0 Å². The van der Waals surface area contributed by atoms with Gasteiger partial charge < -0.3 is 10.0 Å². The highest BCUT2D eigenvalue weighted by molar-refractivity contribution is 6.31. The van der Waals surface area contributed by atoms with Crippen LogP contribution in [0, 0.1) is 6.92 Å². The van der Waals surface area contributed by atoms with Gasteiger partial charge in [0, 0.05) is 23.8 Å². The van der Waals surface area contributed by atoms with Gasteiger partial charge >= 0.3 is 0 Å². The maximum Gasteiger partial charge on any atom is 0.0930 e. The van der Waals surface area contributed by atoms with Crippen molar-refractivity contribution in [2.24, 2.45) is 0 Å². The van der Waals surface area contributed by atoms with Crippen molar-refractivity contribution in [3.63, 3.8) is 0 Å². The van der Waals surface area contributed by atoms with Crippen molar-refractivity contribution in [3.05, 3.63) is 64.7 Å². The van der Waals surface area contributed by atoms with E-state index in [1.807, 2.05) is 31.2 Å². The number of para-hydroxylation sites is 1. The van der Waals surface area contributed by atoms with Gasteiger partial charge in [0.1, 0.15) is 0 Å². The van der Waals surface area contributed by atoms with E-state index in [9.17, 15) is 5.11 Å². The van der Waals surface area contributed by atoms with Crippen LogP contribution < -0.4 is 4.90 Å². The van der Waals surface area contributed by atoms with E-state index in [-0.39, 0.29) is 0 Å². The van der Waals surface area contributed by atoms with Crippen LogP contribution >= 0.6 is 11.6 Å². The molecule has 2 nitrogen and oxygen atoms in total. The highest BCUT2D eigenvalue weighted by Gasteiger charge is 2.34. The average Bonchev–Trinajstić information content (AvgIpc) is 2.51. The summed E-state index contributed by atoms with van der Waals surface area (Å²) in [5.74, 6) is 0. The average molecular weight is 302 g/mol. The molecular formula is C18H20ClNO. The molecule has 1 aliphatic heterocycles. The molecule has 1 fully saturated rings. The molecule has 0 atom stereocenters. The largest absolute Gasteiger partial charge is 0.385 e. The monoisotopic (exact) mass is 301 g/mol. The summed E-state index contributed by atoms with van der Waals surface area (Å²) in [6, 6.07) is 16.3. The number of aryl methyl sites for hydroxylation is 1. The number of anilines is 1. The van der Waals surface area contributed by atoms with Gasteiger partial charge in [-0.25, -0.2) is 0 Å². The van der Waals surface area contributed by atoms with Crippen LogP contribution in [0.5, 0.6) is 0 Å². The van der Waals surface area contributed by atoms with Crippen molar-refractivity contribution in [3.8, 4) is 0 Å². The fraction of sp³-hybridized carbons (Fsp3) is 0.333. The van der Waals surface area contributed by atoms with Crippen LogP contribution in [0.1, 0.15) is 24.0 Å². The van der Waals surface area contributed by atoms with Crippen molar-refractivity contribution in [2.45, 2.75) is 25.4 Å². The zero-order chi connectivity index (χ0) is 14.9. The van der Waals surface area contributed by atoms with Crippen molar-refractivity contribution in [1.29, 1.82) is 0 Å². The number of piperidine rings is 1. The maximum atomic E-state index is 10.9. The summed E-state index contributed by atoms with van der Waals surface area (Å²) in [5, 5.41) is 11.7. The molecule has 0 spiro atoms. The van der Waals surface area contributed by atoms with E-state index in [0.29, 0.717) is 0 Å². The second kappa shape index (κ2) is 5.70. The Kier molecular flexibility index (Phi) is 3.92. The molecule has 0 unspecified atom stereocenters. The van der Waals surface area contributed by atoms with E-state index in [1.54, 1.807) is 0 Å². The first-order chi connectivity index (χ1) is 10.1. The summed E-state index contributed by atoms with van der Waals surface area (Å²) in [6.45, 7) is 3.69. The van der Waals surface area contributed by atoms with Gasteiger partial charge in [-0.2, -0.15) is 0 Å². The van der Waals surface area contributed by atoms with Crippen LogP contribution in [-0.4, -0.2) is 18.2 Å². The Hall–Kier alpha value is -1.51. The fourth-order valence-corrected chi connectivity index (χ4v) is 3.13. The molecule has 110 valence electrons. The van der Waals surface area contributed by atoms with E-state index in [2.05, 4.69) is 29.2 Å². The first-order valence-electron chi connectivity index (χ1n) is 7.37. The lowest BCUT2D eigenvalue weighted by Crippen LogP contribution is -2.42. The van der Waals surface area contributed by atoms with Crippen LogP contribution in [0.25, 0.3) is 0 Å². The number of benzene rings is 2. The zero-order valence-electron chi connectivity index (χ0n) is 12.2. The van der Waals surface area contributed by atoms with Gasteiger partial charge in [-0.15, -0.1) is 0 Å². The number of nitrogens with zero attached hydrogens (tertiary/aromatic N) is 1. The molecule has 2 aromatic rings. The fourth-order valence-electron chi connectivity index (χ4n) is 2.94. The molecular weight excluding hydrogens is 282 g/mol. The van der Waals surface area contributed by atoms with Crippen LogP contribution in [-0.2, 0) is 5.60 Å². The third-order valence-electron chi connectivity index (χ3n) is 4.42. The minimum atomic E-state index is -0.761. The quantitative estimate of drug-likeness (QED) is 0.901. The molecule has 0 radical (unpaired) electrons. The molecule has 3 heteroatoms. The molecule has 1 N–H and O–H groups in total. The number of halogens is 1. The molecule has 1 heterocycles. The number of hydrogen-bond acceptors (Lipinski definition) is 2. The lowest BCUT2D eigenvalue weighted by Gasteiger charge is -2.39. The topological polar surface area (TPSA) is 23.5 Å². The second-order valence-electron chi connectivity index (χ2n) is 5.82. The first-order valence-corrected chi connectivity index (χ1v) is 7.75. The van der Waals surface area contributed by atoms with Crippen LogP contribution in [0.4, 0.5) is 5.69 Å². The van der Waals surface area contributed by atoms with Crippen molar-refractivity contribution >= 4 is 17.3 Å². The minimum absolute atomic E-state index is 0.723. The smallest absolute Gasteiger partial charge is 0.0930 e. The van der Waals surface area contributed by atoms with Crippen molar-refractivity contribution in [2.75, 3.05) is 18.0 Å². The summed E-state index contributed by atoms with van der Waals surface area (Å²) < 4.78 is 0. The lowest BCUT2D eigenvalue weighted by molar-refractivity contribution is 0.0118. The molecule has 1 saturated heterocycles. The minimum Gasteiger partial charge on any atom is -0.385 e. The Labute approximate surface area is 131 Å². The highest BCUT2D eigenvalue weighted by atomic mass is 35.5. The predicted octanol–water partition coefficient (Wildman–Crippen LogP) is 4.14. The van der Waals surface area contributed by atoms with Crippen LogP contribution in [0.2, 0.25) is 5.02 Å². The van der Waals surface area contributed by atoms with E-state index >= 15 is 0 Å². The normalized spacial score (nSPS) is 17.8. The third-order valence-corrected chi connectivity index (χ3v) is 4.83. The number of hydrogen-bond donors (Lipinski definition) is 1. The predicted molar refractivity (Wildman–Crippen MR) is 88.0 cm³/mol. The lowest BCUT2D eigenvalue weighted by atomic mass is 9.84. The summed E-state index contributed by atoms with van der Waals surface area (Å²) in [7, 11) is 0. The molecule has 0 aromatic heterocycles.